The van der Waals surface area contributed by atoms with Crippen LogP contribution in [0.1, 0.15) is 19.3 Å². The summed E-state index contributed by atoms with van der Waals surface area (Å²) in [6.45, 7) is 3.95. The maximum atomic E-state index is 4.09. The van der Waals surface area contributed by atoms with Crippen molar-refractivity contribution in [3.8, 4) is 11.8 Å². The van der Waals surface area contributed by atoms with Gasteiger partial charge in [0.25, 0.3) is 0 Å². The lowest BCUT2D eigenvalue weighted by molar-refractivity contribution is 0.255. The lowest BCUT2D eigenvalue weighted by Crippen LogP contribution is -2.30. The smallest absolute Gasteiger partial charge is 0.101 e. The Bertz CT molecular complexity index is 613. The third-order valence-electron chi connectivity index (χ3n) is 3.93. The zero-order valence-electron chi connectivity index (χ0n) is 13.7. The number of nitrogens with zero attached hydrogens (tertiary/aromatic N) is 4. The first-order valence-corrected chi connectivity index (χ1v) is 7.92. The fourth-order valence-electron chi connectivity index (χ4n) is 2.72. The van der Waals surface area contributed by atoms with E-state index in [0.29, 0.717) is 6.54 Å². The number of rotatable bonds is 4. The highest BCUT2D eigenvalue weighted by Gasteiger charge is 2.08. The van der Waals surface area contributed by atoms with Crippen molar-refractivity contribution >= 4 is 30.5 Å². The molecule has 0 aliphatic carbocycles. The Morgan fingerprint density at radius 1 is 0.958 bits per heavy atom. The van der Waals surface area contributed by atoms with Crippen molar-refractivity contribution in [2.45, 2.75) is 19.3 Å². The Labute approximate surface area is 156 Å². The number of piperidine rings is 1. The van der Waals surface area contributed by atoms with Crippen LogP contribution in [0.15, 0.2) is 49.1 Å². The van der Waals surface area contributed by atoms with E-state index < -0.39 is 0 Å². The van der Waals surface area contributed by atoms with E-state index in [1.54, 1.807) is 0 Å². The third kappa shape index (κ3) is 5.76. The summed E-state index contributed by atoms with van der Waals surface area (Å²) in [6.07, 6.45) is 11.7. The SMILES string of the molecule is C(#CCN(c1ccncc1)n1cccc1)CN1CCCCC1.Cl.Cl. The molecule has 0 bridgehead atoms. The van der Waals surface area contributed by atoms with Gasteiger partial charge < -0.3 is 0 Å². The van der Waals surface area contributed by atoms with Gasteiger partial charge in [0.05, 0.1) is 12.2 Å². The van der Waals surface area contributed by atoms with Gasteiger partial charge in [-0.1, -0.05) is 18.3 Å². The van der Waals surface area contributed by atoms with Crippen molar-refractivity contribution in [2.24, 2.45) is 0 Å². The average molecular weight is 367 g/mol. The van der Waals surface area contributed by atoms with Gasteiger partial charge in [0, 0.05) is 24.8 Å². The molecule has 1 aliphatic heterocycles. The van der Waals surface area contributed by atoms with Crippen LogP contribution < -0.4 is 5.01 Å². The van der Waals surface area contributed by atoms with Crippen LogP contribution in [0.4, 0.5) is 5.69 Å². The molecule has 0 spiro atoms. The molecule has 2 aromatic heterocycles. The van der Waals surface area contributed by atoms with Gasteiger partial charge in [-0.3, -0.25) is 19.6 Å². The van der Waals surface area contributed by atoms with Gasteiger partial charge in [-0.2, -0.15) is 0 Å². The van der Waals surface area contributed by atoms with Crippen molar-refractivity contribution in [3.63, 3.8) is 0 Å². The monoisotopic (exact) mass is 366 g/mol. The van der Waals surface area contributed by atoms with Gasteiger partial charge in [-0.25, -0.2) is 0 Å². The number of halogens is 2. The van der Waals surface area contributed by atoms with E-state index in [0.717, 1.165) is 12.2 Å². The second-order valence-corrected chi connectivity index (χ2v) is 5.52. The fourth-order valence-corrected chi connectivity index (χ4v) is 2.72. The van der Waals surface area contributed by atoms with Crippen LogP contribution in [0.3, 0.4) is 0 Å². The van der Waals surface area contributed by atoms with Crippen LogP contribution >= 0.6 is 24.8 Å². The molecule has 0 aromatic carbocycles. The molecule has 0 amide bonds. The van der Waals surface area contributed by atoms with Gasteiger partial charge in [-0.05, 0) is 50.2 Å². The molecule has 0 radical (unpaired) electrons. The topological polar surface area (TPSA) is 24.3 Å². The molecule has 0 saturated carbocycles. The van der Waals surface area contributed by atoms with Crippen LogP contribution in [-0.4, -0.2) is 40.7 Å². The van der Waals surface area contributed by atoms with E-state index in [2.05, 4.69) is 31.4 Å². The van der Waals surface area contributed by atoms with Gasteiger partial charge >= 0.3 is 0 Å². The Hall–Kier alpha value is -1.67. The van der Waals surface area contributed by atoms with Gasteiger partial charge in [0.1, 0.15) is 6.54 Å². The summed E-state index contributed by atoms with van der Waals surface area (Å²) in [6, 6.07) is 8.06. The summed E-state index contributed by atoms with van der Waals surface area (Å²) >= 11 is 0. The molecule has 2 aromatic rings. The highest BCUT2D eigenvalue weighted by Crippen LogP contribution is 2.13. The summed E-state index contributed by atoms with van der Waals surface area (Å²) in [5.74, 6) is 6.64. The zero-order valence-corrected chi connectivity index (χ0v) is 15.3. The molecule has 0 N–H and O–H groups in total. The first-order valence-electron chi connectivity index (χ1n) is 7.92. The van der Waals surface area contributed by atoms with E-state index in [-0.39, 0.29) is 24.8 Å². The summed E-state index contributed by atoms with van der Waals surface area (Å²) < 4.78 is 2.06. The minimum absolute atomic E-state index is 0. The van der Waals surface area contributed by atoms with Gasteiger partial charge in [0.15, 0.2) is 0 Å². The first kappa shape index (κ1) is 20.4. The number of pyridine rings is 1. The van der Waals surface area contributed by atoms with E-state index in [1.165, 1.54) is 32.4 Å². The van der Waals surface area contributed by atoms with Crippen molar-refractivity contribution in [3.05, 3.63) is 49.1 Å². The van der Waals surface area contributed by atoms with Gasteiger partial charge in [0.2, 0.25) is 0 Å². The Morgan fingerprint density at radius 2 is 1.62 bits per heavy atom. The maximum Gasteiger partial charge on any atom is 0.101 e. The first-order chi connectivity index (χ1) is 10.9. The summed E-state index contributed by atoms with van der Waals surface area (Å²) in [5.41, 5.74) is 1.10. The van der Waals surface area contributed by atoms with Crippen LogP contribution in [0.25, 0.3) is 0 Å². The molecule has 130 valence electrons. The Balaban J connectivity index is 0.00000144. The van der Waals surface area contributed by atoms with Crippen molar-refractivity contribution < 1.29 is 0 Å². The average Bonchev–Trinajstić information content (AvgIpc) is 3.11. The predicted molar refractivity (Wildman–Crippen MR) is 104 cm³/mol. The number of likely N-dealkylation sites (tertiary alicyclic amines) is 1. The highest BCUT2D eigenvalue weighted by molar-refractivity contribution is 5.85. The Kier molecular flexibility index (Phi) is 9.33. The molecule has 0 unspecified atom stereocenters. The molecule has 3 rings (SSSR count). The minimum Gasteiger partial charge on any atom is -0.292 e. The van der Waals surface area contributed by atoms with E-state index in [9.17, 15) is 0 Å². The zero-order chi connectivity index (χ0) is 15.0. The molecule has 1 aliphatic rings. The maximum absolute atomic E-state index is 4.09. The molecule has 0 atom stereocenters. The van der Waals surface area contributed by atoms with E-state index >= 15 is 0 Å². The second kappa shape index (κ2) is 11.0. The van der Waals surface area contributed by atoms with Crippen LogP contribution in [0.5, 0.6) is 0 Å². The quantitative estimate of drug-likeness (QED) is 0.774. The normalized spacial score (nSPS) is 13.8. The molecule has 24 heavy (non-hydrogen) atoms. The number of hydrogen-bond donors (Lipinski definition) is 0. The largest absolute Gasteiger partial charge is 0.292 e. The highest BCUT2D eigenvalue weighted by atomic mass is 35.5. The lowest BCUT2D eigenvalue weighted by atomic mass is 10.1. The number of anilines is 1. The lowest BCUT2D eigenvalue weighted by Gasteiger charge is -2.24. The van der Waals surface area contributed by atoms with E-state index in [4.69, 9.17) is 0 Å². The standard InChI is InChI=1S/C18H22N4.2ClH/c1-2-12-20(13-3-1)14-4-7-17-22(21-15-5-6-16-21)18-8-10-19-11-9-18;;/h5-6,8-11,15-16H,1-3,12-14,17H2;2*1H. The fraction of sp³-hybridized carbons (Fsp3) is 0.389. The predicted octanol–water partition coefficient (Wildman–Crippen LogP) is 3.49. The van der Waals surface area contributed by atoms with Crippen molar-refractivity contribution in [1.82, 2.24) is 14.6 Å². The molecule has 1 fully saturated rings. The molecule has 4 nitrogen and oxygen atoms in total. The molecule has 6 heteroatoms. The van der Waals surface area contributed by atoms with Crippen molar-refractivity contribution in [2.75, 3.05) is 31.2 Å². The molecule has 3 heterocycles. The number of aromatic nitrogens is 2. The van der Waals surface area contributed by atoms with E-state index in [1.807, 2.05) is 49.1 Å². The van der Waals surface area contributed by atoms with Crippen LogP contribution in [0, 0.1) is 11.8 Å². The second-order valence-electron chi connectivity index (χ2n) is 5.52. The molecule has 1 saturated heterocycles. The summed E-state index contributed by atoms with van der Waals surface area (Å²) in [5, 5.41) is 2.14. The summed E-state index contributed by atoms with van der Waals surface area (Å²) in [7, 11) is 0. The van der Waals surface area contributed by atoms with Crippen molar-refractivity contribution in [1.29, 1.82) is 0 Å². The molecular weight excluding hydrogens is 343 g/mol. The third-order valence-corrected chi connectivity index (χ3v) is 3.93. The number of hydrogen-bond acceptors (Lipinski definition) is 3. The summed E-state index contributed by atoms with van der Waals surface area (Å²) in [4.78, 5) is 6.54. The Morgan fingerprint density at radius 3 is 2.29 bits per heavy atom. The van der Waals surface area contributed by atoms with Crippen LogP contribution in [0.2, 0.25) is 0 Å². The molecular formula is C18H24Cl2N4. The van der Waals surface area contributed by atoms with Crippen LogP contribution in [-0.2, 0) is 0 Å². The minimum atomic E-state index is 0. The van der Waals surface area contributed by atoms with Gasteiger partial charge in [-0.15, -0.1) is 24.8 Å².